The van der Waals surface area contributed by atoms with Gasteiger partial charge in [-0.25, -0.2) is 4.98 Å². The standard InChI is InChI=1S/C26H26ClN3O2/c1-18-7-13-22(14-8-18)32-16-15-30-24-6-4-3-5-23(24)29-26(30)19(2)28-25(31)17-20-9-11-21(27)12-10-20/h3-14,19H,15-17H2,1-2H3,(H,28,31). The van der Waals surface area contributed by atoms with E-state index < -0.39 is 0 Å². The Kier molecular flexibility index (Phi) is 6.76. The summed E-state index contributed by atoms with van der Waals surface area (Å²) in [6.07, 6.45) is 0.290. The zero-order chi connectivity index (χ0) is 22.5. The van der Waals surface area contributed by atoms with Gasteiger partial charge in [0.25, 0.3) is 0 Å². The zero-order valence-electron chi connectivity index (χ0n) is 18.2. The summed E-state index contributed by atoms with van der Waals surface area (Å²) in [5.41, 5.74) is 4.04. The van der Waals surface area contributed by atoms with Crippen molar-refractivity contribution in [3.63, 3.8) is 0 Å². The van der Waals surface area contributed by atoms with Crippen LogP contribution in [0.15, 0.2) is 72.8 Å². The van der Waals surface area contributed by atoms with Crippen LogP contribution in [-0.2, 0) is 17.8 Å². The van der Waals surface area contributed by atoms with E-state index >= 15 is 0 Å². The highest BCUT2D eigenvalue weighted by atomic mass is 35.5. The first-order valence-corrected chi connectivity index (χ1v) is 11.1. The molecule has 3 aromatic carbocycles. The van der Waals surface area contributed by atoms with E-state index in [0.29, 0.717) is 18.2 Å². The van der Waals surface area contributed by atoms with E-state index in [1.165, 1.54) is 5.56 Å². The van der Waals surface area contributed by atoms with E-state index in [1.54, 1.807) is 12.1 Å². The highest BCUT2D eigenvalue weighted by Crippen LogP contribution is 2.21. The first-order chi connectivity index (χ1) is 15.5. The second-order valence-electron chi connectivity index (χ2n) is 7.86. The first-order valence-electron chi connectivity index (χ1n) is 10.7. The number of para-hydroxylation sites is 2. The van der Waals surface area contributed by atoms with Crippen molar-refractivity contribution in [3.05, 3.63) is 94.8 Å². The highest BCUT2D eigenvalue weighted by molar-refractivity contribution is 6.30. The summed E-state index contributed by atoms with van der Waals surface area (Å²) in [5.74, 6) is 1.59. The molecule has 1 aromatic heterocycles. The first kappa shape index (κ1) is 21.9. The summed E-state index contributed by atoms with van der Waals surface area (Å²) in [7, 11) is 0. The number of nitrogens with zero attached hydrogens (tertiary/aromatic N) is 2. The lowest BCUT2D eigenvalue weighted by Gasteiger charge is -2.17. The quantitative estimate of drug-likeness (QED) is 0.388. The van der Waals surface area contributed by atoms with Crippen molar-refractivity contribution in [2.24, 2.45) is 0 Å². The van der Waals surface area contributed by atoms with Gasteiger partial charge >= 0.3 is 0 Å². The molecule has 0 bridgehead atoms. The Balaban J connectivity index is 1.47. The molecule has 1 unspecified atom stereocenters. The van der Waals surface area contributed by atoms with Crippen LogP contribution in [0.5, 0.6) is 5.75 Å². The SMILES string of the molecule is Cc1ccc(OCCn2c(C(C)NC(=O)Cc3ccc(Cl)cc3)nc3ccccc32)cc1. The summed E-state index contributed by atoms with van der Waals surface area (Å²) in [6.45, 7) is 5.14. The molecule has 4 aromatic rings. The lowest BCUT2D eigenvalue weighted by Crippen LogP contribution is -2.30. The number of nitrogens with one attached hydrogen (secondary N) is 1. The van der Waals surface area contributed by atoms with Crippen molar-refractivity contribution in [2.75, 3.05) is 6.61 Å². The second kappa shape index (κ2) is 9.88. The molecule has 0 fully saturated rings. The van der Waals surface area contributed by atoms with Crippen LogP contribution in [0.2, 0.25) is 5.02 Å². The highest BCUT2D eigenvalue weighted by Gasteiger charge is 2.18. The van der Waals surface area contributed by atoms with Gasteiger partial charge < -0.3 is 14.6 Å². The summed E-state index contributed by atoms with van der Waals surface area (Å²) in [6, 6.07) is 23.1. The second-order valence-corrected chi connectivity index (χ2v) is 8.30. The van der Waals surface area contributed by atoms with Gasteiger partial charge in [0.15, 0.2) is 0 Å². The minimum Gasteiger partial charge on any atom is -0.492 e. The fraction of sp³-hybridized carbons (Fsp3) is 0.231. The molecule has 0 saturated heterocycles. The number of ether oxygens (including phenoxy) is 1. The number of aromatic nitrogens is 2. The average Bonchev–Trinajstić information content (AvgIpc) is 3.15. The van der Waals surface area contributed by atoms with E-state index in [1.807, 2.05) is 67.6 Å². The maximum atomic E-state index is 12.6. The van der Waals surface area contributed by atoms with Crippen molar-refractivity contribution in [1.82, 2.24) is 14.9 Å². The molecule has 0 aliphatic heterocycles. The molecule has 164 valence electrons. The Morgan fingerprint density at radius 3 is 2.53 bits per heavy atom. The van der Waals surface area contributed by atoms with Crippen LogP contribution in [0.3, 0.4) is 0 Å². The van der Waals surface area contributed by atoms with Gasteiger partial charge in [-0.05, 0) is 55.8 Å². The molecule has 0 radical (unpaired) electrons. The molecular weight excluding hydrogens is 422 g/mol. The molecule has 5 nitrogen and oxygen atoms in total. The molecule has 32 heavy (non-hydrogen) atoms. The Hall–Kier alpha value is -3.31. The van der Waals surface area contributed by atoms with E-state index in [9.17, 15) is 4.79 Å². The summed E-state index contributed by atoms with van der Waals surface area (Å²) >= 11 is 5.93. The number of halogens is 1. The summed E-state index contributed by atoms with van der Waals surface area (Å²) in [4.78, 5) is 17.4. The van der Waals surface area contributed by atoms with Crippen LogP contribution in [-0.4, -0.2) is 22.1 Å². The molecular formula is C26H26ClN3O2. The van der Waals surface area contributed by atoms with Gasteiger partial charge in [-0.3, -0.25) is 4.79 Å². The van der Waals surface area contributed by atoms with Crippen LogP contribution in [0.4, 0.5) is 0 Å². The van der Waals surface area contributed by atoms with Gasteiger partial charge in [0.1, 0.15) is 18.2 Å². The molecule has 0 saturated carbocycles. The number of imidazole rings is 1. The largest absolute Gasteiger partial charge is 0.492 e. The van der Waals surface area contributed by atoms with Crippen LogP contribution < -0.4 is 10.1 Å². The predicted octanol–water partition coefficient (Wildman–Crippen LogP) is 5.50. The smallest absolute Gasteiger partial charge is 0.224 e. The van der Waals surface area contributed by atoms with Crippen LogP contribution in [0.25, 0.3) is 11.0 Å². The third-order valence-corrected chi connectivity index (χ3v) is 5.58. The van der Waals surface area contributed by atoms with Gasteiger partial charge in [-0.1, -0.05) is 53.6 Å². The van der Waals surface area contributed by atoms with Gasteiger partial charge in [0.2, 0.25) is 5.91 Å². The molecule has 0 aliphatic rings. The van der Waals surface area contributed by atoms with Gasteiger partial charge in [0.05, 0.1) is 30.0 Å². The summed E-state index contributed by atoms with van der Waals surface area (Å²) < 4.78 is 8.06. The van der Waals surface area contributed by atoms with Crippen LogP contribution in [0, 0.1) is 6.92 Å². The van der Waals surface area contributed by atoms with Crippen molar-refractivity contribution in [1.29, 1.82) is 0 Å². The van der Waals surface area contributed by atoms with Gasteiger partial charge in [0, 0.05) is 5.02 Å². The number of hydrogen-bond acceptors (Lipinski definition) is 3. The molecule has 0 spiro atoms. The van der Waals surface area contributed by atoms with Crippen molar-refractivity contribution in [2.45, 2.75) is 32.9 Å². The normalized spacial score (nSPS) is 12.0. The number of benzene rings is 3. The minimum atomic E-state index is -0.249. The fourth-order valence-electron chi connectivity index (χ4n) is 3.69. The van der Waals surface area contributed by atoms with E-state index in [4.69, 9.17) is 21.3 Å². The lowest BCUT2D eigenvalue weighted by atomic mass is 10.1. The molecule has 1 atom stereocenters. The van der Waals surface area contributed by atoms with Crippen molar-refractivity contribution < 1.29 is 9.53 Å². The van der Waals surface area contributed by atoms with E-state index in [0.717, 1.165) is 28.2 Å². The maximum absolute atomic E-state index is 12.6. The third kappa shape index (κ3) is 5.29. The molecule has 6 heteroatoms. The third-order valence-electron chi connectivity index (χ3n) is 5.33. The minimum absolute atomic E-state index is 0.0608. The topological polar surface area (TPSA) is 56.1 Å². The predicted molar refractivity (Wildman–Crippen MR) is 128 cm³/mol. The average molecular weight is 448 g/mol. The number of carbonyl (C=O) groups excluding carboxylic acids is 1. The molecule has 1 heterocycles. The number of carbonyl (C=O) groups is 1. The Morgan fingerprint density at radius 1 is 1.06 bits per heavy atom. The lowest BCUT2D eigenvalue weighted by molar-refractivity contribution is -0.121. The Morgan fingerprint density at radius 2 is 1.78 bits per heavy atom. The molecule has 1 amide bonds. The number of amides is 1. The van der Waals surface area contributed by atoms with Crippen molar-refractivity contribution >= 4 is 28.5 Å². The van der Waals surface area contributed by atoms with Crippen LogP contribution >= 0.6 is 11.6 Å². The van der Waals surface area contributed by atoms with Crippen LogP contribution in [0.1, 0.15) is 29.9 Å². The van der Waals surface area contributed by atoms with Gasteiger partial charge in [-0.2, -0.15) is 0 Å². The monoisotopic (exact) mass is 447 g/mol. The number of aryl methyl sites for hydroxylation is 1. The number of rotatable bonds is 8. The fourth-order valence-corrected chi connectivity index (χ4v) is 3.82. The zero-order valence-corrected chi connectivity index (χ0v) is 19.0. The maximum Gasteiger partial charge on any atom is 0.224 e. The summed E-state index contributed by atoms with van der Waals surface area (Å²) in [5, 5.41) is 3.74. The molecule has 1 N–H and O–H groups in total. The van der Waals surface area contributed by atoms with E-state index in [-0.39, 0.29) is 18.4 Å². The number of hydrogen-bond donors (Lipinski definition) is 1. The molecule has 4 rings (SSSR count). The van der Waals surface area contributed by atoms with E-state index in [2.05, 4.69) is 16.8 Å². The van der Waals surface area contributed by atoms with Gasteiger partial charge in [-0.15, -0.1) is 0 Å². The molecule has 0 aliphatic carbocycles. The number of fused-ring (bicyclic) bond motifs is 1. The Bertz CT molecular complexity index is 1200. The Labute approximate surface area is 193 Å². The van der Waals surface area contributed by atoms with Crippen molar-refractivity contribution in [3.8, 4) is 5.75 Å².